The lowest BCUT2D eigenvalue weighted by Crippen LogP contribution is -2.40. The molecule has 0 amide bonds. The van der Waals surface area contributed by atoms with Crippen LogP contribution in [0.25, 0.3) is 11.4 Å². The lowest BCUT2D eigenvalue weighted by atomic mass is 10.1. The number of nitrogens with two attached hydrogens (primary N) is 1. The first kappa shape index (κ1) is 13.2. The highest BCUT2D eigenvalue weighted by atomic mass is 35.5. The average molecular weight is 318 g/mol. The van der Waals surface area contributed by atoms with Gasteiger partial charge in [-0.1, -0.05) is 23.2 Å². The third kappa shape index (κ3) is 2.72. The summed E-state index contributed by atoms with van der Waals surface area (Å²) in [7, 11) is 0. The molecule has 0 atom stereocenters. The topological polar surface area (TPSA) is 70.8 Å². The summed E-state index contributed by atoms with van der Waals surface area (Å²) in [6.45, 7) is 1.77. The van der Waals surface area contributed by atoms with E-state index in [4.69, 9.17) is 28.9 Å². The molecule has 3 heterocycles. The second kappa shape index (κ2) is 5.28. The van der Waals surface area contributed by atoms with Crippen molar-refractivity contribution in [2.75, 3.05) is 18.0 Å². The Labute approximate surface area is 124 Å². The van der Waals surface area contributed by atoms with E-state index in [1.807, 2.05) is 0 Å². The Morgan fingerprint density at radius 3 is 2.74 bits per heavy atom. The number of anilines is 1. The highest BCUT2D eigenvalue weighted by molar-refractivity contribution is 7.20. The molecule has 0 unspecified atom stereocenters. The molecule has 1 saturated heterocycles. The predicted octanol–water partition coefficient (Wildman–Crippen LogP) is 2.77. The number of aromatic nitrogens is 3. The van der Waals surface area contributed by atoms with Crippen molar-refractivity contribution in [3.05, 3.63) is 14.7 Å². The molecular formula is C11H13Cl2N5S. The summed E-state index contributed by atoms with van der Waals surface area (Å²) in [5, 5.41) is 7.16. The van der Waals surface area contributed by atoms with E-state index in [1.54, 1.807) is 6.07 Å². The normalized spacial score (nSPS) is 17.1. The summed E-state index contributed by atoms with van der Waals surface area (Å²) in [6.07, 6.45) is 1.93. The molecule has 1 fully saturated rings. The van der Waals surface area contributed by atoms with E-state index < -0.39 is 0 Å². The maximum Gasteiger partial charge on any atom is 0.245 e. The van der Waals surface area contributed by atoms with Gasteiger partial charge in [0, 0.05) is 24.7 Å². The van der Waals surface area contributed by atoms with E-state index in [0.717, 1.165) is 31.5 Å². The molecule has 102 valence electrons. The molecule has 5 nitrogen and oxygen atoms in total. The SMILES string of the molecule is NC1CCN(c2n[nH]c(-c3cc(Cl)sc3Cl)n2)CC1. The maximum absolute atomic E-state index is 6.11. The first-order chi connectivity index (χ1) is 9.13. The average Bonchev–Trinajstić information content (AvgIpc) is 2.97. The molecular weight excluding hydrogens is 305 g/mol. The van der Waals surface area contributed by atoms with E-state index >= 15 is 0 Å². The zero-order chi connectivity index (χ0) is 13.4. The third-order valence-corrected chi connectivity index (χ3v) is 4.70. The van der Waals surface area contributed by atoms with Crippen molar-refractivity contribution in [1.82, 2.24) is 15.2 Å². The van der Waals surface area contributed by atoms with Gasteiger partial charge in [-0.2, -0.15) is 4.98 Å². The van der Waals surface area contributed by atoms with Gasteiger partial charge in [0.2, 0.25) is 5.95 Å². The summed E-state index contributed by atoms with van der Waals surface area (Å²) in [5.74, 6) is 1.35. The number of nitrogens with one attached hydrogen (secondary N) is 1. The molecule has 0 spiro atoms. The van der Waals surface area contributed by atoms with Gasteiger partial charge < -0.3 is 10.6 Å². The van der Waals surface area contributed by atoms with Crippen LogP contribution in [0, 0.1) is 0 Å². The highest BCUT2D eigenvalue weighted by Crippen LogP contribution is 2.37. The minimum absolute atomic E-state index is 0.291. The van der Waals surface area contributed by atoms with Gasteiger partial charge in [-0.15, -0.1) is 16.4 Å². The largest absolute Gasteiger partial charge is 0.339 e. The Balaban J connectivity index is 1.81. The first-order valence-corrected chi connectivity index (χ1v) is 7.59. The first-order valence-electron chi connectivity index (χ1n) is 6.01. The second-order valence-electron chi connectivity index (χ2n) is 4.55. The lowest BCUT2D eigenvalue weighted by molar-refractivity contribution is 0.496. The Morgan fingerprint density at radius 2 is 2.11 bits per heavy atom. The van der Waals surface area contributed by atoms with E-state index in [2.05, 4.69) is 20.1 Å². The number of halogens is 2. The van der Waals surface area contributed by atoms with Crippen LogP contribution in [-0.4, -0.2) is 34.3 Å². The molecule has 3 rings (SSSR count). The molecule has 0 bridgehead atoms. The zero-order valence-electron chi connectivity index (χ0n) is 10.1. The molecule has 3 N–H and O–H groups in total. The van der Waals surface area contributed by atoms with E-state index in [1.165, 1.54) is 11.3 Å². The molecule has 2 aromatic rings. The monoisotopic (exact) mass is 317 g/mol. The summed E-state index contributed by atoms with van der Waals surface area (Å²) >= 11 is 13.4. The van der Waals surface area contributed by atoms with Crippen molar-refractivity contribution in [3.63, 3.8) is 0 Å². The smallest absolute Gasteiger partial charge is 0.245 e. The predicted molar refractivity (Wildman–Crippen MR) is 79.1 cm³/mol. The standard InChI is InChI=1S/C11H13Cl2N5S/c12-8-5-7(9(13)19-8)10-15-11(17-16-10)18-3-1-6(14)2-4-18/h5-6H,1-4,14H2,(H,15,16,17). The molecule has 0 aliphatic carbocycles. The molecule has 19 heavy (non-hydrogen) atoms. The van der Waals surface area contributed by atoms with Crippen LogP contribution >= 0.6 is 34.5 Å². The molecule has 1 aliphatic rings. The number of H-pyrrole nitrogens is 1. The quantitative estimate of drug-likeness (QED) is 0.893. The molecule has 1 aliphatic heterocycles. The van der Waals surface area contributed by atoms with E-state index in [-0.39, 0.29) is 0 Å². The van der Waals surface area contributed by atoms with Gasteiger partial charge in [0.05, 0.1) is 4.34 Å². The van der Waals surface area contributed by atoms with Gasteiger partial charge >= 0.3 is 0 Å². The third-order valence-electron chi connectivity index (χ3n) is 3.21. The second-order valence-corrected chi connectivity index (χ2v) is 6.83. The molecule has 0 saturated carbocycles. The Bertz CT molecular complexity index is 573. The zero-order valence-corrected chi connectivity index (χ0v) is 12.4. The van der Waals surface area contributed by atoms with Crippen LogP contribution in [0.2, 0.25) is 8.67 Å². The van der Waals surface area contributed by atoms with Crippen molar-refractivity contribution in [2.24, 2.45) is 5.73 Å². The summed E-state index contributed by atoms with van der Waals surface area (Å²) in [6, 6.07) is 2.09. The number of rotatable bonds is 2. The minimum Gasteiger partial charge on any atom is -0.339 e. The molecule has 0 radical (unpaired) electrons. The van der Waals surface area contributed by atoms with Gasteiger partial charge in [0.15, 0.2) is 5.82 Å². The van der Waals surface area contributed by atoms with Crippen LogP contribution in [0.4, 0.5) is 5.95 Å². The van der Waals surface area contributed by atoms with Crippen molar-refractivity contribution >= 4 is 40.5 Å². The summed E-state index contributed by atoms with van der Waals surface area (Å²) in [4.78, 5) is 6.62. The van der Waals surface area contributed by atoms with Crippen LogP contribution in [0.5, 0.6) is 0 Å². The Hall–Kier alpha value is -0.820. The number of nitrogens with zero attached hydrogens (tertiary/aromatic N) is 3. The maximum atomic E-state index is 6.11. The van der Waals surface area contributed by atoms with Crippen LogP contribution < -0.4 is 10.6 Å². The number of hydrogen-bond donors (Lipinski definition) is 2. The Morgan fingerprint density at radius 1 is 1.37 bits per heavy atom. The van der Waals surface area contributed by atoms with Gasteiger partial charge in [-0.3, -0.25) is 5.10 Å². The van der Waals surface area contributed by atoms with Gasteiger partial charge in [-0.05, 0) is 18.9 Å². The van der Waals surface area contributed by atoms with Crippen LogP contribution in [0.15, 0.2) is 6.07 Å². The van der Waals surface area contributed by atoms with Crippen LogP contribution in [0.3, 0.4) is 0 Å². The number of hydrogen-bond acceptors (Lipinski definition) is 5. The highest BCUT2D eigenvalue weighted by Gasteiger charge is 2.20. The van der Waals surface area contributed by atoms with Crippen molar-refractivity contribution in [3.8, 4) is 11.4 Å². The van der Waals surface area contributed by atoms with E-state index in [0.29, 0.717) is 26.5 Å². The Kier molecular flexibility index (Phi) is 3.66. The van der Waals surface area contributed by atoms with Crippen molar-refractivity contribution < 1.29 is 0 Å². The molecule has 2 aromatic heterocycles. The fourth-order valence-electron chi connectivity index (χ4n) is 2.12. The lowest BCUT2D eigenvalue weighted by Gasteiger charge is -2.28. The fraction of sp³-hybridized carbons (Fsp3) is 0.455. The van der Waals surface area contributed by atoms with Gasteiger partial charge in [0.1, 0.15) is 4.34 Å². The van der Waals surface area contributed by atoms with Crippen LogP contribution in [-0.2, 0) is 0 Å². The number of piperidine rings is 1. The summed E-state index contributed by atoms with van der Waals surface area (Å²) < 4.78 is 1.26. The number of thiophene rings is 1. The fourth-order valence-corrected chi connectivity index (χ4v) is 3.58. The minimum atomic E-state index is 0.291. The molecule has 8 heteroatoms. The summed E-state index contributed by atoms with van der Waals surface area (Å²) in [5.41, 5.74) is 6.68. The molecule has 0 aromatic carbocycles. The van der Waals surface area contributed by atoms with Gasteiger partial charge in [-0.25, -0.2) is 0 Å². The van der Waals surface area contributed by atoms with Gasteiger partial charge in [0.25, 0.3) is 0 Å². The van der Waals surface area contributed by atoms with E-state index in [9.17, 15) is 0 Å². The van der Waals surface area contributed by atoms with Crippen molar-refractivity contribution in [1.29, 1.82) is 0 Å². The number of aromatic amines is 1. The van der Waals surface area contributed by atoms with Crippen LogP contribution in [0.1, 0.15) is 12.8 Å². The van der Waals surface area contributed by atoms with Crippen molar-refractivity contribution in [2.45, 2.75) is 18.9 Å².